The Bertz CT molecular complexity index is 2630. The van der Waals surface area contributed by atoms with Gasteiger partial charge in [0, 0.05) is 18.2 Å². The van der Waals surface area contributed by atoms with E-state index >= 15 is 0 Å². The highest BCUT2D eigenvalue weighted by Crippen LogP contribution is 2.43. The number of aliphatic hydroxyl groups is 14. The lowest BCUT2D eigenvalue weighted by Gasteiger charge is -2.45. The number of fused-ring (bicyclic) bond motifs is 1. The second-order valence-corrected chi connectivity index (χ2v) is 18.1. The third-order valence-corrected chi connectivity index (χ3v) is 12.9. The van der Waals surface area contributed by atoms with Gasteiger partial charge in [0.05, 0.1) is 31.5 Å². The van der Waals surface area contributed by atoms with E-state index in [0.717, 1.165) is 24.3 Å². The summed E-state index contributed by atoms with van der Waals surface area (Å²) >= 11 is 0. The molecule has 28 nitrogen and oxygen atoms in total. The van der Waals surface area contributed by atoms with E-state index in [-0.39, 0.29) is 50.9 Å². The molecule has 0 amide bonds. The van der Waals surface area contributed by atoms with Gasteiger partial charge in [-0.15, -0.1) is 0 Å². The average molecular weight is 1080 g/mol. The number of rotatable bonds is 16. The lowest BCUT2D eigenvalue weighted by molar-refractivity contribution is -0.357. The van der Waals surface area contributed by atoms with Crippen molar-refractivity contribution in [3.8, 4) is 45.8 Å². The molecule has 0 aliphatic carbocycles. The standard InChI is InChI=1S/C48H56O28/c49-13-27-32(56)36(60)40(64)45(72-27)69-23-7-1-17(9-22(23)54)2-8-31(55)67-16-30-35(59)39(63)44(76-47-42(66)38(62)34(58)29(15-51)74-47)48(75-30)71-26-12-21-24(68-43(26)18-3-5-19(52)6-4-18)10-20(53)11-25(21)70-46-41(65)37(61)33(57)28(14-50)73-46/h1-12,27-30,32-42,44-51,56-66H,13-16H2,(H2-,52,53,54)/p+1/b8-2+/t27-,28-,29-,30-,32-,33-,34-,35-,36+,37+,38+,39+,40-,41-,42-,44-,45-,46-,47+,48-/m1/s1. The number of ether oxygens (including phenoxy) is 9. The molecular weight excluding hydrogens is 1020 g/mol. The van der Waals surface area contributed by atoms with Gasteiger partial charge in [-0.1, -0.05) is 6.07 Å². The molecule has 8 rings (SSSR count). The van der Waals surface area contributed by atoms with Gasteiger partial charge in [-0.05, 0) is 48.0 Å². The SMILES string of the molecule is O=C(/C=C/c1ccc(O[C@@H]2O[C@H](CO)[C@@H](O)[C@H](O)[C@H]2O)c(O)c1)OC[C@H]1O[C@@H](Oc2cc3c(O[C@@H]4O[C@H](CO)[C@@H](O)[C@H](O)[C@H]4O)cc(O)cc3[o+]c2-c2ccc(O)cc2)[C@H](O[C@@H]2O[C@H](CO)[C@@H](O)[C@H](O)[C@H]2O)[C@@H](O)[C@@H]1O. The van der Waals surface area contributed by atoms with Gasteiger partial charge in [-0.25, -0.2) is 9.21 Å². The van der Waals surface area contributed by atoms with Gasteiger partial charge in [0.15, 0.2) is 23.9 Å². The first-order valence-corrected chi connectivity index (χ1v) is 23.4. The Kier molecular flexibility index (Phi) is 17.8. The fourth-order valence-electron chi connectivity index (χ4n) is 8.61. The maximum atomic E-state index is 13.1. The Labute approximate surface area is 428 Å². The molecule has 0 unspecified atom stereocenters. The molecule has 28 heteroatoms. The number of aliphatic hydroxyl groups excluding tert-OH is 14. The molecule has 17 N–H and O–H groups in total. The molecule has 4 aromatic rings. The van der Waals surface area contributed by atoms with Crippen molar-refractivity contribution in [1.82, 2.24) is 0 Å². The molecule has 0 spiro atoms. The van der Waals surface area contributed by atoms with E-state index in [1.165, 1.54) is 48.5 Å². The summed E-state index contributed by atoms with van der Waals surface area (Å²) in [6, 6.07) is 12.4. The summed E-state index contributed by atoms with van der Waals surface area (Å²) in [6.45, 7) is -3.25. The van der Waals surface area contributed by atoms with E-state index in [2.05, 4.69) is 0 Å². The highest BCUT2D eigenvalue weighted by atomic mass is 16.8. The molecule has 4 saturated heterocycles. The first-order valence-electron chi connectivity index (χ1n) is 23.4. The van der Waals surface area contributed by atoms with Crippen molar-refractivity contribution >= 4 is 23.0 Å². The van der Waals surface area contributed by atoms with E-state index in [0.29, 0.717) is 0 Å². The molecule has 4 aliphatic rings. The van der Waals surface area contributed by atoms with E-state index < -0.39 is 167 Å². The molecule has 4 fully saturated rings. The Morgan fingerprint density at radius 1 is 0.513 bits per heavy atom. The number of phenols is 3. The number of benzene rings is 3. The van der Waals surface area contributed by atoms with E-state index in [1.54, 1.807) is 0 Å². The van der Waals surface area contributed by atoms with Crippen molar-refractivity contribution < 1.29 is 139 Å². The summed E-state index contributed by atoms with van der Waals surface area (Å²) < 4.78 is 57.6. The monoisotopic (exact) mass is 1080 g/mol. The summed E-state index contributed by atoms with van der Waals surface area (Å²) in [5.74, 6) is -3.36. The minimum absolute atomic E-state index is 0.0726. The molecule has 0 saturated carbocycles. The number of hydrogen-bond donors (Lipinski definition) is 17. The zero-order chi connectivity index (χ0) is 54.9. The largest absolute Gasteiger partial charge is 0.508 e. The van der Waals surface area contributed by atoms with Crippen LogP contribution >= 0.6 is 0 Å². The van der Waals surface area contributed by atoms with Crippen LogP contribution in [-0.4, -0.2) is 242 Å². The van der Waals surface area contributed by atoms with Crippen molar-refractivity contribution in [3.63, 3.8) is 0 Å². The summed E-state index contributed by atoms with van der Waals surface area (Å²) in [6.07, 6.45) is -33.9. The third-order valence-electron chi connectivity index (χ3n) is 12.9. The zero-order valence-electron chi connectivity index (χ0n) is 39.4. The molecule has 0 bridgehead atoms. The van der Waals surface area contributed by atoms with Gasteiger partial charge in [0.25, 0.3) is 0 Å². The van der Waals surface area contributed by atoms with E-state index in [9.17, 15) is 91.6 Å². The van der Waals surface area contributed by atoms with Gasteiger partial charge in [-0.2, -0.15) is 0 Å². The number of esters is 1. The first kappa shape index (κ1) is 56.5. The summed E-state index contributed by atoms with van der Waals surface area (Å²) in [7, 11) is 0. The predicted octanol–water partition coefficient (Wildman–Crippen LogP) is -4.88. The number of aromatic hydroxyl groups is 3. The van der Waals surface area contributed by atoms with Gasteiger partial charge >= 0.3 is 17.3 Å². The highest BCUT2D eigenvalue weighted by Gasteiger charge is 2.53. The Balaban J connectivity index is 1.07. The first-order chi connectivity index (χ1) is 36.2. The quantitative estimate of drug-likeness (QED) is 0.0284. The van der Waals surface area contributed by atoms with E-state index in [4.69, 9.17) is 47.0 Å². The van der Waals surface area contributed by atoms with Crippen LogP contribution in [0, 0.1) is 0 Å². The Morgan fingerprint density at radius 2 is 1.03 bits per heavy atom. The molecule has 4 aliphatic heterocycles. The van der Waals surface area contributed by atoms with Crippen molar-refractivity contribution in [2.75, 3.05) is 26.4 Å². The van der Waals surface area contributed by atoms with Crippen LogP contribution in [-0.2, 0) is 33.2 Å². The van der Waals surface area contributed by atoms with E-state index in [1.807, 2.05) is 0 Å². The van der Waals surface area contributed by atoms with Crippen LogP contribution in [0.4, 0.5) is 0 Å². The van der Waals surface area contributed by atoms with Crippen LogP contribution in [0.15, 0.2) is 71.2 Å². The maximum absolute atomic E-state index is 13.1. The van der Waals surface area contributed by atoms with Crippen molar-refractivity contribution in [2.24, 2.45) is 0 Å². The van der Waals surface area contributed by atoms with Gasteiger partial charge in [0.2, 0.25) is 24.6 Å². The second kappa shape index (κ2) is 23.9. The fraction of sp³-hybridized carbons (Fsp3) is 0.500. The fourth-order valence-corrected chi connectivity index (χ4v) is 8.61. The molecule has 20 atom stereocenters. The highest BCUT2D eigenvalue weighted by molar-refractivity contribution is 5.89. The van der Waals surface area contributed by atoms with Crippen LogP contribution in [0.25, 0.3) is 28.4 Å². The maximum Gasteiger partial charge on any atom is 0.402 e. The van der Waals surface area contributed by atoms with Crippen LogP contribution in [0.3, 0.4) is 0 Å². The Hall–Kier alpha value is -5.68. The van der Waals surface area contributed by atoms with Crippen molar-refractivity contribution in [1.29, 1.82) is 0 Å². The molecule has 3 aromatic carbocycles. The smallest absolute Gasteiger partial charge is 0.402 e. The number of carbonyl (C=O) groups excluding carboxylic acids is 1. The second-order valence-electron chi connectivity index (χ2n) is 18.1. The molecule has 0 radical (unpaired) electrons. The molecule has 416 valence electrons. The lowest BCUT2D eigenvalue weighted by Crippen LogP contribution is -2.65. The molecule has 1 aromatic heterocycles. The van der Waals surface area contributed by atoms with Crippen LogP contribution in [0.2, 0.25) is 0 Å². The zero-order valence-corrected chi connectivity index (χ0v) is 39.4. The molecule has 5 heterocycles. The van der Waals surface area contributed by atoms with Gasteiger partial charge < -0.3 is 129 Å². The summed E-state index contributed by atoms with van der Waals surface area (Å²) in [4.78, 5) is 13.1. The minimum atomic E-state index is -2.12. The minimum Gasteiger partial charge on any atom is -0.508 e. The van der Waals surface area contributed by atoms with Crippen molar-refractivity contribution in [2.45, 2.75) is 123 Å². The molecular formula is C48H57O28+. The number of carbonyl (C=O) groups is 1. The van der Waals surface area contributed by atoms with Crippen LogP contribution < -0.4 is 14.2 Å². The van der Waals surface area contributed by atoms with Crippen LogP contribution in [0.1, 0.15) is 5.56 Å². The third kappa shape index (κ3) is 11.9. The predicted molar refractivity (Wildman–Crippen MR) is 246 cm³/mol. The number of hydrogen-bond acceptors (Lipinski definition) is 27. The normalized spacial score (nSPS) is 36.0. The summed E-state index contributed by atoms with van der Waals surface area (Å²) in [5.41, 5.74) is 0.220. The van der Waals surface area contributed by atoms with Gasteiger partial charge in [-0.3, -0.25) is 0 Å². The lowest BCUT2D eigenvalue weighted by atomic mass is 9.97. The summed E-state index contributed by atoms with van der Waals surface area (Å²) in [5, 5.41) is 178. The number of phenolic OH excluding ortho intramolecular Hbond substituents is 3. The topological polar surface area (TPSA) is 455 Å². The van der Waals surface area contributed by atoms with Gasteiger partial charge in [0.1, 0.15) is 121 Å². The Morgan fingerprint density at radius 3 is 1.59 bits per heavy atom. The average Bonchev–Trinajstić information content (AvgIpc) is 3.40. The van der Waals surface area contributed by atoms with Crippen LogP contribution in [0.5, 0.6) is 34.5 Å². The molecule has 76 heavy (non-hydrogen) atoms. The van der Waals surface area contributed by atoms with Crippen molar-refractivity contribution in [3.05, 3.63) is 72.3 Å².